The van der Waals surface area contributed by atoms with E-state index in [-0.39, 0.29) is 5.75 Å². The molecule has 0 aliphatic heterocycles. The average molecular weight is 254 g/mol. The zero-order valence-electron chi connectivity index (χ0n) is 7.11. The van der Waals surface area contributed by atoms with E-state index >= 15 is 0 Å². The van der Waals surface area contributed by atoms with Gasteiger partial charge in [-0.05, 0) is 12.1 Å². The second kappa shape index (κ2) is 4.45. The lowest BCUT2D eigenvalue weighted by molar-refractivity contribution is 0.207. The maximum absolute atomic E-state index is 12.6. The van der Waals surface area contributed by atoms with Crippen LogP contribution < -0.4 is 9.46 Å². The van der Waals surface area contributed by atoms with Gasteiger partial charge in [-0.15, -0.1) is 0 Å². The number of ether oxygens (including phenoxy) is 1. The minimum atomic E-state index is -4.20. The van der Waals surface area contributed by atoms with Gasteiger partial charge in [-0.1, -0.05) is 6.07 Å². The SMILES string of the molecule is O=C(NS(=O)(=O)Cl)Oc1cccc(F)c1. The number of benzene rings is 1. The van der Waals surface area contributed by atoms with Gasteiger partial charge in [0.15, 0.2) is 0 Å². The first-order chi connectivity index (χ1) is 6.87. The van der Waals surface area contributed by atoms with Crippen LogP contribution in [0.2, 0.25) is 0 Å². The second-order valence-electron chi connectivity index (χ2n) is 2.39. The third-order valence-electron chi connectivity index (χ3n) is 1.21. The van der Waals surface area contributed by atoms with Gasteiger partial charge in [0.1, 0.15) is 11.6 Å². The fraction of sp³-hybridized carbons (Fsp3) is 0. The molecule has 1 aromatic carbocycles. The summed E-state index contributed by atoms with van der Waals surface area (Å²) < 4.78 is 39.1. The smallest absolute Gasteiger partial charge is 0.410 e. The third-order valence-corrected chi connectivity index (χ3v) is 1.85. The monoisotopic (exact) mass is 253 g/mol. The largest absolute Gasteiger partial charge is 0.427 e. The molecule has 0 aromatic heterocycles. The first kappa shape index (κ1) is 11.7. The first-order valence-electron chi connectivity index (χ1n) is 3.56. The highest BCUT2D eigenvalue weighted by atomic mass is 35.7. The van der Waals surface area contributed by atoms with Gasteiger partial charge in [0.05, 0.1) is 0 Å². The Bertz CT molecular complexity index is 476. The van der Waals surface area contributed by atoms with Gasteiger partial charge in [-0.25, -0.2) is 13.9 Å². The number of carbonyl (C=O) groups is 1. The van der Waals surface area contributed by atoms with Crippen molar-refractivity contribution in [3.8, 4) is 5.75 Å². The standard InChI is InChI=1S/C7H5ClFNO4S/c8-15(12,13)10-7(11)14-6-3-1-2-5(9)4-6/h1-4H,(H,10,11). The van der Waals surface area contributed by atoms with Gasteiger partial charge in [0, 0.05) is 16.7 Å². The van der Waals surface area contributed by atoms with Crippen LogP contribution in [0.3, 0.4) is 0 Å². The zero-order valence-corrected chi connectivity index (χ0v) is 8.68. The van der Waals surface area contributed by atoms with Crippen LogP contribution in [0.4, 0.5) is 9.18 Å². The van der Waals surface area contributed by atoms with Gasteiger partial charge in [0.2, 0.25) is 0 Å². The van der Waals surface area contributed by atoms with E-state index in [1.54, 1.807) is 0 Å². The fourth-order valence-electron chi connectivity index (χ4n) is 0.758. The molecule has 1 amide bonds. The van der Waals surface area contributed by atoms with Crippen molar-refractivity contribution in [3.63, 3.8) is 0 Å². The molecule has 0 fully saturated rings. The zero-order chi connectivity index (χ0) is 11.5. The van der Waals surface area contributed by atoms with Crippen LogP contribution in [-0.2, 0) is 9.24 Å². The molecule has 1 N–H and O–H groups in total. The Balaban J connectivity index is 2.67. The summed E-state index contributed by atoms with van der Waals surface area (Å²) >= 11 is 0. The van der Waals surface area contributed by atoms with E-state index in [0.717, 1.165) is 12.1 Å². The Morgan fingerprint density at radius 2 is 2.13 bits per heavy atom. The highest BCUT2D eigenvalue weighted by molar-refractivity contribution is 8.12. The minimum absolute atomic E-state index is 0.132. The second-order valence-corrected chi connectivity index (χ2v) is 4.69. The van der Waals surface area contributed by atoms with E-state index in [1.165, 1.54) is 16.9 Å². The number of nitrogens with one attached hydrogen (secondary N) is 1. The lowest BCUT2D eigenvalue weighted by atomic mass is 10.3. The number of hydrogen-bond acceptors (Lipinski definition) is 4. The van der Waals surface area contributed by atoms with Crippen molar-refractivity contribution in [3.05, 3.63) is 30.1 Å². The molecule has 0 bridgehead atoms. The Hall–Kier alpha value is -1.34. The number of rotatable bonds is 2. The molecule has 0 unspecified atom stereocenters. The van der Waals surface area contributed by atoms with Crippen molar-refractivity contribution < 1.29 is 22.3 Å². The van der Waals surface area contributed by atoms with E-state index in [0.29, 0.717) is 0 Å². The average Bonchev–Trinajstić information content (AvgIpc) is 1.99. The lowest BCUT2D eigenvalue weighted by Crippen LogP contribution is -2.29. The summed E-state index contributed by atoms with van der Waals surface area (Å²) in [4.78, 5) is 10.8. The highest BCUT2D eigenvalue weighted by Gasteiger charge is 2.12. The van der Waals surface area contributed by atoms with Crippen molar-refractivity contribution in [1.82, 2.24) is 4.72 Å². The van der Waals surface area contributed by atoms with E-state index in [9.17, 15) is 17.6 Å². The summed E-state index contributed by atoms with van der Waals surface area (Å²) in [5, 5.41) is 0. The predicted molar refractivity (Wildman–Crippen MR) is 50.3 cm³/mol. The number of halogens is 2. The van der Waals surface area contributed by atoms with Gasteiger partial charge in [-0.2, -0.15) is 8.42 Å². The topological polar surface area (TPSA) is 72.5 Å². The van der Waals surface area contributed by atoms with Gasteiger partial charge < -0.3 is 4.74 Å². The van der Waals surface area contributed by atoms with Crippen LogP contribution in [-0.4, -0.2) is 14.5 Å². The molecule has 0 atom stereocenters. The van der Waals surface area contributed by atoms with Crippen molar-refractivity contribution in [2.45, 2.75) is 0 Å². The molecule has 0 aliphatic rings. The predicted octanol–water partition coefficient (Wildman–Crippen LogP) is 1.40. The van der Waals surface area contributed by atoms with Crippen molar-refractivity contribution in [2.75, 3.05) is 0 Å². The minimum Gasteiger partial charge on any atom is -0.410 e. The van der Waals surface area contributed by atoms with Crippen LogP contribution in [0.1, 0.15) is 0 Å². The highest BCUT2D eigenvalue weighted by Crippen LogP contribution is 2.12. The summed E-state index contributed by atoms with van der Waals surface area (Å²) in [5.74, 6) is -0.748. The quantitative estimate of drug-likeness (QED) is 0.809. The summed E-state index contributed by atoms with van der Waals surface area (Å²) in [5.41, 5.74) is 0. The number of amides is 1. The Kier molecular flexibility index (Phi) is 3.48. The van der Waals surface area contributed by atoms with Gasteiger partial charge in [-0.3, -0.25) is 0 Å². The molecule has 1 aromatic rings. The summed E-state index contributed by atoms with van der Waals surface area (Å²) in [6.45, 7) is 0. The normalized spacial score (nSPS) is 10.8. The molecule has 1 rings (SSSR count). The Morgan fingerprint density at radius 3 is 2.67 bits per heavy atom. The van der Waals surface area contributed by atoms with E-state index in [2.05, 4.69) is 4.74 Å². The molecule has 0 saturated heterocycles. The van der Waals surface area contributed by atoms with Crippen LogP contribution in [0, 0.1) is 5.82 Å². The van der Waals surface area contributed by atoms with Crippen LogP contribution in [0.25, 0.3) is 0 Å². The molecule has 0 saturated carbocycles. The van der Waals surface area contributed by atoms with Crippen molar-refractivity contribution in [1.29, 1.82) is 0 Å². The lowest BCUT2D eigenvalue weighted by Gasteiger charge is -2.03. The molecule has 0 spiro atoms. The van der Waals surface area contributed by atoms with Crippen LogP contribution in [0.15, 0.2) is 24.3 Å². The maximum atomic E-state index is 12.6. The Morgan fingerprint density at radius 1 is 1.47 bits per heavy atom. The van der Waals surface area contributed by atoms with Crippen LogP contribution in [0.5, 0.6) is 5.75 Å². The summed E-state index contributed by atoms with van der Waals surface area (Å²) in [6, 6.07) is 4.64. The van der Waals surface area contributed by atoms with Gasteiger partial charge >= 0.3 is 15.3 Å². The molecule has 8 heteroatoms. The van der Waals surface area contributed by atoms with Gasteiger partial charge in [0.25, 0.3) is 0 Å². The van der Waals surface area contributed by atoms with Crippen molar-refractivity contribution >= 4 is 26.0 Å². The third kappa shape index (κ3) is 4.61. The molecule has 15 heavy (non-hydrogen) atoms. The number of carbonyl (C=O) groups excluding carboxylic acids is 1. The van der Waals surface area contributed by atoms with E-state index in [4.69, 9.17) is 10.7 Å². The van der Waals surface area contributed by atoms with Crippen LogP contribution >= 0.6 is 10.7 Å². The van der Waals surface area contributed by atoms with E-state index in [1.807, 2.05) is 0 Å². The molecule has 82 valence electrons. The number of hydrogen-bond donors (Lipinski definition) is 1. The van der Waals surface area contributed by atoms with E-state index < -0.39 is 21.1 Å². The summed E-state index contributed by atoms with van der Waals surface area (Å²) in [7, 11) is 0.512. The summed E-state index contributed by atoms with van der Waals surface area (Å²) in [6.07, 6.45) is -1.31. The maximum Gasteiger partial charge on any atom is 0.427 e. The molecule has 0 radical (unpaired) electrons. The Labute approximate surface area is 89.4 Å². The molecule has 5 nitrogen and oxygen atoms in total. The van der Waals surface area contributed by atoms with Crippen molar-refractivity contribution in [2.24, 2.45) is 0 Å². The first-order valence-corrected chi connectivity index (χ1v) is 5.87. The molecule has 0 heterocycles. The molecular weight excluding hydrogens is 249 g/mol. The molecular formula is C7H5ClFNO4S. The fourth-order valence-corrected chi connectivity index (χ4v) is 1.19. The molecule has 0 aliphatic carbocycles.